The van der Waals surface area contributed by atoms with Gasteiger partial charge in [-0.15, -0.1) is 0 Å². The van der Waals surface area contributed by atoms with E-state index in [1.54, 1.807) is 36.4 Å². The molecule has 1 N–H and O–H groups in total. The zero-order chi connectivity index (χ0) is 29.4. The number of nitrogens with zero attached hydrogens (tertiary/aromatic N) is 2. The van der Waals surface area contributed by atoms with Crippen molar-refractivity contribution in [3.8, 4) is 0 Å². The van der Waals surface area contributed by atoms with E-state index in [-0.39, 0.29) is 29.5 Å². The average Bonchev–Trinajstić information content (AvgIpc) is 2.98. The first-order chi connectivity index (χ1) is 19.7. The molecule has 2 amide bonds. The standard InChI is InChI=1S/C32H32ClN3O4S/c1-24-11-9-14-26(19-24)22-35(30(32(38)34-2)20-25-12-5-3-6-13-25)31(37)23-36(28-16-10-15-27(33)21-28)41(39,40)29-17-7-4-8-18-29/h3-19,21,30H,20,22-23H2,1-2H3,(H,34,38)/t30-/m1/s1. The molecule has 0 heterocycles. The summed E-state index contributed by atoms with van der Waals surface area (Å²) in [6.45, 7) is 1.52. The summed E-state index contributed by atoms with van der Waals surface area (Å²) in [7, 11) is -2.64. The molecular weight excluding hydrogens is 558 g/mol. The van der Waals surface area contributed by atoms with Gasteiger partial charge in [0.05, 0.1) is 10.6 Å². The summed E-state index contributed by atoms with van der Waals surface area (Å²) in [5.41, 5.74) is 2.93. The van der Waals surface area contributed by atoms with Crippen molar-refractivity contribution < 1.29 is 18.0 Å². The lowest BCUT2D eigenvalue weighted by atomic mass is 10.0. The van der Waals surface area contributed by atoms with Gasteiger partial charge in [0, 0.05) is 25.0 Å². The van der Waals surface area contributed by atoms with Crippen molar-refractivity contribution in [2.45, 2.75) is 30.8 Å². The number of hydrogen-bond donors (Lipinski definition) is 1. The number of aryl methyl sites for hydroxylation is 1. The Bertz CT molecular complexity index is 1600. The normalized spacial score (nSPS) is 11.9. The van der Waals surface area contributed by atoms with Crippen molar-refractivity contribution in [3.63, 3.8) is 0 Å². The van der Waals surface area contributed by atoms with Gasteiger partial charge in [-0.05, 0) is 48.4 Å². The number of rotatable bonds is 11. The van der Waals surface area contributed by atoms with Crippen LogP contribution >= 0.6 is 11.6 Å². The second kappa shape index (κ2) is 13.5. The molecule has 9 heteroatoms. The third-order valence-electron chi connectivity index (χ3n) is 6.66. The Kier molecular flexibility index (Phi) is 9.81. The Balaban J connectivity index is 1.78. The fourth-order valence-electron chi connectivity index (χ4n) is 4.61. The van der Waals surface area contributed by atoms with Crippen LogP contribution in [0.15, 0.2) is 114 Å². The number of benzene rings is 4. The lowest BCUT2D eigenvalue weighted by Gasteiger charge is -2.33. The molecule has 0 aliphatic rings. The summed E-state index contributed by atoms with van der Waals surface area (Å²) < 4.78 is 28.8. The van der Waals surface area contributed by atoms with Crippen molar-refractivity contribution in [2.24, 2.45) is 0 Å². The number of likely N-dealkylation sites (N-methyl/N-ethyl adjacent to an activating group) is 1. The number of sulfonamides is 1. The molecule has 0 aliphatic heterocycles. The Morgan fingerprint density at radius 1 is 0.829 bits per heavy atom. The number of carbonyl (C=O) groups is 2. The Hall–Kier alpha value is -4.14. The predicted molar refractivity (Wildman–Crippen MR) is 162 cm³/mol. The fraction of sp³-hybridized carbons (Fsp3) is 0.188. The first-order valence-corrected chi connectivity index (χ1v) is 14.9. The summed E-state index contributed by atoms with van der Waals surface area (Å²) in [4.78, 5) is 29.0. The molecule has 1 atom stereocenters. The van der Waals surface area contributed by atoms with E-state index in [4.69, 9.17) is 11.6 Å². The van der Waals surface area contributed by atoms with Gasteiger partial charge < -0.3 is 10.2 Å². The molecule has 0 radical (unpaired) electrons. The van der Waals surface area contributed by atoms with Crippen LogP contribution < -0.4 is 9.62 Å². The van der Waals surface area contributed by atoms with Crippen molar-refractivity contribution in [3.05, 3.63) is 131 Å². The highest BCUT2D eigenvalue weighted by molar-refractivity contribution is 7.92. The van der Waals surface area contributed by atoms with Crippen LogP contribution in [0.2, 0.25) is 5.02 Å². The quantitative estimate of drug-likeness (QED) is 0.260. The molecule has 0 bridgehead atoms. The molecule has 41 heavy (non-hydrogen) atoms. The lowest BCUT2D eigenvalue weighted by molar-refractivity contribution is -0.139. The maximum absolute atomic E-state index is 14.2. The minimum absolute atomic E-state index is 0.0325. The fourth-order valence-corrected chi connectivity index (χ4v) is 6.22. The second-order valence-corrected chi connectivity index (χ2v) is 11.9. The SMILES string of the molecule is CNC(=O)[C@@H](Cc1ccccc1)N(Cc1cccc(C)c1)C(=O)CN(c1cccc(Cl)c1)S(=O)(=O)c1ccccc1. The van der Waals surface area contributed by atoms with Crippen LogP contribution in [0.1, 0.15) is 16.7 Å². The van der Waals surface area contributed by atoms with E-state index in [1.807, 2.05) is 61.5 Å². The number of carbonyl (C=O) groups excluding carboxylic acids is 2. The van der Waals surface area contributed by atoms with E-state index in [0.29, 0.717) is 5.02 Å². The van der Waals surface area contributed by atoms with Crippen LogP contribution in [0.3, 0.4) is 0 Å². The highest BCUT2D eigenvalue weighted by Crippen LogP contribution is 2.27. The molecular formula is C32H32ClN3O4S. The third kappa shape index (κ3) is 7.54. The minimum Gasteiger partial charge on any atom is -0.357 e. The largest absolute Gasteiger partial charge is 0.357 e. The first-order valence-electron chi connectivity index (χ1n) is 13.1. The Morgan fingerprint density at radius 2 is 1.46 bits per heavy atom. The minimum atomic E-state index is -4.16. The monoisotopic (exact) mass is 589 g/mol. The lowest BCUT2D eigenvalue weighted by Crippen LogP contribution is -2.53. The van der Waals surface area contributed by atoms with E-state index >= 15 is 0 Å². The number of nitrogens with one attached hydrogen (secondary N) is 1. The van der Waals surface area contributed by atoms with Crippen molar-refractivity contribution in [1.82, 2.24) is 10.2 Å². The Labute approximate surface area is 246 Å². The summed E-state index contributed by atoms with van der Waals surface area (Å²) in [6, 6.07) is 30.4. The van der Waals surface area contributed by atoms with Crippen LogP contribution in [0.4, 0.5) is 5.69 Å². The zero-order valence-electron chi connectivity index (χ0n) is 22.9. The number of halogens is 1. The summed E-state index contributed by atoms with van der Waals surface area (Å²) >= 11 is 6.24. The van der Waals surface area contributed by atoms with Gasteiger partial charge >= 0.3 is 0 Å². The third-order valence-corrected chi connectivity index (χ3v) is 8.68. The molecule has 0 fully saturated rings. The molecule has 0 saturated heterocycles. The molecule has 0 spiro atoms. The van der Waals surface area contributed by atoms with Crippen LogP contribution in [0.25, 0.3) is 0 Å². The van der Waals surface area contributed by atoms with E-state index < -0.39 is 28.5 Å². The van der Waals surface area contributed by atoms with Gasteiger partial charge in [0.25, 0.3) is 10.0 Å². The highest BCUT2D eigenvalue weighted by Gasteiger charge is 2.34. The van der Waals surface area contributed by atoms with Gasteiger partial charge in [-0.2, -0.15) is 0 Å². The summed E-state index contributed by atoms with van der Waals surface area (Å²) in [5, 5.41) is 3.01. The first kappa shape index (κ1) is 29.8. The van der Waals surface area contributed by atoms with Gasteiger partial charge in [-0.3, -0.25) is 13.9 Å². The molecule has 4 rings (SSSR count). The van der Waals surface area contributed by atoms with Gasteiger partial charge in [-0.1, -0.05) is 96.0 Å². The maximum Gasteiger partial charge on any atom is 0.264 e. The zero-order valence-corrected chi connectivity index (χ0v) is 24.5. The molecule has 0 saturated carbocycles. The molecule has 212 valence electrons. The van der Waals surface area contributed by atoms with Crippen LogP contribution in [0.5, 0.6) is 0 Å². The van der Waals surface area contributed by atoms with E-state index in [1.165, 1.54) is 30.1 Å². The molecule has 7 nitrogen and oxygen atoms in total. The van der Waals surface area contributed by atoms with Gasteiger partial charge in [0.1, 0.15) is 12.6 Å². The van der Waals surface area contributed by atoms with E-state index in [0.717, 1.165) is 21.0 Å². The average molecular weight is 590 g/mol. The van der Waals surface area contributed by atoms with Crippen LogP contribution in [-0.2, 0) is 32.6 Å². The Morgan fingerprint density at radius 3 is 2.10 bits per heavy atom. The topological polar surface area (TPSA) is 86.8 Å². The smallest absolute Gasteiger partial charge is 0.264 e. The van der Waals surface area contributed by atoms with Crippen molar-refractivity contribution in [1.29, 1.82) is 0 Å². The summed E-state index contributed by atoms with van der Waals surface area (Å²) in [5.74, 6) is -0.884. The van der Waals surface area contributed by atoms with Gasteiger partial charge in [0.15, 0.2) is 0 Å². The van der Waals surface area contributed by atoms with Gasteiger partial charge in [0.2, 0.25) is 11.8 Å². The summed E-state index contributed by atoms with van der Waals surface area (Å²) in [6.07, 6.45) is 0.251. The second-order valence-electron chi connectivity index (χ2n) is 9.64. The molecule has 0 aliphatic carbocycles. The number of anilines is 1. The number of hydrogen-bond acceptors (Lipinski definition) is 4. The van der Waals surface area contributed by atoms with E-state index in [2.05, 4.69) is 5.32 Å². The molecule has 0 unspecified atom stereocenters. The van der Waals surface area contributed by atoms with Crippen molar-refractivity contribution >= 4 is 39.1 Å². The molecule has 4 aromatic rings. The van der Waals surface area contributed by atoms with E-state index in [9.17, 15) is 18.0 Å². The number of amides is 2. The highest BCUT2D eigenvalue weighted by atomic mass is 35.5. The van der Waals surface area contributed by atoms with Crippen molar-refractivity contribution in [2.75, 3.05) is 17.9 Å². The van der Waals surface area contributed by atoms with Gasteiger partial charge in [-0.25, -0.2) is 8.42 Å². The van der Waals surface area contributed by atoms with Crippen LogP contribution in [0, 0.1) is 6.92 Å². The molecule has 0 aromatic heterocycles. The van der Waals surface area contributed by atoms with Crippen LogP contribution in [-0.4, -0.2) is 44.8 Å². The molecule has 4 aromatic carbocycles. The maximum atomic E-state index is 14.2. The predicted octanol–water partition coefficient (Wildman–Crippen LogP) is 5.23.